The van der Waals surface area contributed by atoms with Gasteiger partial charge in [-0.2, -0.15) is 0 Å². The van der Waals surface area contributed by atoms with Gasteiger partial charge in [0.25, 0.3) is 0 Å². The fourth-order valence-electron chi connectivity index (χ4n) is 1.41. The van der Waals surface area contributed by atoms with Crippen LogP contribution in [0, 0.1) is 0 Å². The molecule has 2 heterocycles. The quantitative estimate of drug-likeness (QED) is 0.524. The minimum absolute atomic E-state index is 0.337. The van der Waals surface area contributed by atoms with Crippen molar-refractivity contribution in [3.63, 3.8) is 0 Å². The van der Waals surface area contributed by atoms with Gasteiger partial charge < -0.3 is 9.47 Å². The van der Waals surface area contributed by atoms with E-state index < -0.39 is 5.97 Å². The predicted molar refractivity (Wildman–Crippen MR) is 49.8 cm³/mol. The minimum atomic E-state index is -0.452. The van der Waals surface area contributed by atoms with Gasteiger partial charge in [-0.1, -0.05) is 11.6 Å². The molecule has 0 bridgehead atoms. The largest absolute Gasteiger partial charge is 0.492 e. The molecule has 0 amide bonds. The molecule has 0 aromatic carbocycles. The maximum Gasteiger partial charge on any atom is 0.343 e. The average Bonchev–Trinajstić information content (AvgIpc) is 2.67. The van der Waals surface area contributed by atoms with E-state index in [0.717, 1.165) is 5.56 Å². The number of aromatic nitrogens is 1. The van der Waals surface area contributed by atoms with Crippen LogP contribution in [0.25, 0.3) is 0 Å². The summed E-state index contributed by atoms with van der Waals surface area (Å²) in [6.07, 6.45) is 2.06. The van der Waals surface area contributed by atoms with Crippen LogP contribution in [0.1, 0.15) is 15.9 Å². The summed E-state index contributed by atoms with van der Waals surface area (Å²) in [6.45, 7) is 0.532. The maximum atomic E-state index is 11.3. The Kier molecular flexibility index (Phi) is 2.29. The molecule has 1 aliphatic heterocycles. The van der Waals surface area contributed by atoms with E-state index in [9.17, 15) is 4.79 Å². The first kappa shape index (κ1) is 9.27. The van der Waals surface area contributed by atoms with Crippen LogP contribution < -0.4 is 4.74 Å². The van der Waals surface area contributed by atoms with Crippen molar-refractivity contribution >= 4 is 17.6 Å². The molecule has 1 aliphatic rings. The monoisotopic (exact) mass is 213 g/mol. The summed E-state index contributed by atoms with van der Waals surface area (Å²) >= 11 is 5.85. The smallest absolute Gasteiger partial charge is 0.343 e. The van der Waals surface area contributed by atoms with Crippen molar-refractivity contribution in [1.82, 2.24) is 4.98 Å². The Hall–Kier alpha value is -1.29. The minimum Gasteiger partial charge on any atom is -0.492 e. The molecule has 0 atom stereocenters. The molecule has 0 spiro atoms. The molecule has 0 saturated carbocycles. The second-order valence-corrected chi connectivity index (χ2v) is 3.22. The van der Waals surface area contributed by atoms with E-state index in [0.29, 0.717) is 29.5 Å². The van der Waals surface area contributed by atoms with Gasteiger partial charge in [-0.25, -0.2) is 9.78 Å². The van der Waals surface area contributed by atoms with Gasteiger partial charge in [0.15, 0.2) is 0 Å². The highest BCUT2D eigenvalue weighted by atomic mass is 35.5. The SMILES string of the molecule is COC(=O)c1cnc(Cl)c2c1OCC2. The van der Waals surface area contributed by atoms with Gasteiger partial charge in [0.1, 0.15) is 16.5 Å². The third-order valence-electron chi connectivity index (χ3n) is 2.08. The normalized spacial score (nSPS) is 13.3. The Balaban J connectivity index is 2.53. The van der Waals surface area contributed by atoms with Crippen LogP contribution in [0.4, 0.5) is 0 Å². The summed E-state index contributed by atoms with van der Waals surface area (Å²) in [5.41, 5.74) is 1.12. The molecule has 5 heteroatoms. The Morgan fingerprint density at radius 1 is 1.71 bits per heavy atom. The predicted octanol–water partition coefficient (Wildman–Crippen LogP) is 1.46. The van der Waals surface area contributed by atoms with Crippen LogP contribution in [0.2, 0.25) is 5.15 Å². The van der Waals surface area contributed by atoms with Crippen molar-refractivity contribution in [2.45, 2.75) is 6.42 Å². The zero-order valence-electron chi connectivity index (χ0n) is 7.54. The van der Waals surface area contributed by atoms with Gasteiger partial charge in [0.05, 0.1) is 13.7 Å². The Bertz CT molecular complexity index is 392. The highest BCUT2D eigenvalue weighted by Gasteiger charge is 2.24. The van der Waals surface area contributed by atoms with Gasteiger partial charge in [-0.05, 0) is 0 Å². The van der Waals surface area contributed by atoms with E-state index in [1.807, 2.05) is 0 Å². The van der Waals surface area contributed by atoms with Crippen molar-refractivity contribution in [2.24, 2.45) is 0 Å². The molecule has 0 aliphatic carbocycles. The van der Waals surface area contributed by atoms with Crippen LogP contribution in [-0.2, 0) is 11.2 Å². The van der Waals surface area contributed by atoms with Crippen LogP contribution in [0.15, 0.2) is 6.20 Å². The molecule has 0 unspecified atom stereocenters. The zero-order valence-corrected chi connectivity index (χ0v) is 8.30. The number of fused-ring (bicyclic) bond motifs is 1. The highest BCUT2D eigenvalue weighted by molar-refractivity contribution is 6.30. The number of carbonyl (C=O) groups is 1. The van der Waals surface area contributed by atoms with E-state index in [1.165, 1.54) is 13.3 Å². The number of halogens is 1. The van der Waals surface area contributed by atoms with Crippen molar-refractivity contribution in [3.8, 4) is 5.75 Å². The third kappa shape index (κ3) is 1.32. The van der Waals surface area contributed by atoms with Crippen molar-refractivity contribution in [1.29, 1.82) is 0 Å². The molecular weight excluding hydrogens is 206 g/mol. The van der Waals surface area contributed by atoms with E-state index in [-0.39, 0.29) is 0 Å². The summed E-state index contributed by atoms with van der Waals surface area (Å²) < 4.78 is 9.91. The fourth-order valence-corrected chi connectivity index (χ4v) is 1.64. The lowest BCUT2D eigenvalue weighted by Gasteiger charge is -2.05. The number of carbonyl (C=O) groups excluding carboxylic acids is 1. The number of methoxy groups -OCH3 is 1. The molecule has 1 aromatic heterocycles. The van der Waals surface area contributed by atoms with Crippen LogP contribution in [0.3, 0.4) is 0 Å². The second kappa shape index (κ2) is 3.46. The number of ether oxygens (including phenoxy) is 2. The van der Waals surface area contributed by atoms with E-state index in [1.54, 1.807) is 0 Å². The average molecular weight is 214 g/mol. The van der Waals surface area contributed by atoms with Gasteiger partial charge in [-0.15, -0.1) is 0 Å². The van der Waals surface area contributed by atoms with Crippen molar-refractivity contribution in [3.05, 3.63) is 22.5 Å². The number of pyridine rings is 1. The van der Waals surface area contributed by atoms with Gasteiger partial charge in [-0.3, -0.25) is 0 Å². The topological polar surface area (TPSA) is 48.4 Å². The first-order valence-corrected chi connectivity index (χ1v) is 4.50. The fraction of sp³-hybridized carbons (Fsp3) is 0.333. The molecule has 74 valence electrons. The second-order valence-electron chi connectivity index (χ2n) is 2.86. The number of rotatable bonds is 1. The lowest BCUT2D eigenvalue weighted by atomic mass is 10.1. The van der Waals surface area contributed by atoms with E-state index in [4.69, 9.17) is 16.3 Å². The number of hydrogen-bond donors (Lipinski definition) is 0. The summed E-state index contributed by atoms with van der Waals surface area (Å²) in [4.78, 5) is 15.2. The molecule has 0 saturated heterocycles. The molecule has 4 nitrogen and oxygen atoms in total. The summed E-state index contributed by atoms with van der Waals surface area (Å²) in [5.74, 6) is 0.0594. The van der Waals surface area contributed by atoms with Gasteiger partial charge >= 0.3 is 5.97 Å². The van der Waals surface area contributed by atoms with Crippen LogP contribution in [0.5, 0.6) is 5.75 Å². The number of esters is 1. The van der Waals surface area contributed by atoms with Crippen molar-refractivity contribution < 1.29 is 14.3 Å². The molecule has 1 aromatic rings. The summed E-state index contributed by atoms with van der Waals surface area (Å²) in [7, 11) is 1.32. The molecular formula is C9H8ClNO3. The van der Waals surface area contributed by atoms with Crippen LogP contribution >= 0.6 is 11.6 Å². The van der Waals surface area contributed by atoms with E-state index >= 15 is 0 Å². The molecule has 0 fully saturated rings. The standard InChI is InChI=1S/C9H8ClNO3/c1-13-9(12)6-4-11-8(10)5-2-3-14-7(5)6/h4H,2-3H2,1H3. The van der Waals surface area contributed by atoms with Gasteiger partial charge in [0.2, 0.25) is 0 Å². The Morgan fingerprint density at radius 3 is 3.21 bits per heavy atom. The Morgan fingerprint density at radius 2 is 2.50 bits per heavy atom. The third-order valence-corrected chi connectivity index (χ3v) is 2.40. The van der Waals surface area contributed by atoms with Crippen LogP contribution in [-0.4, -0.2) is 24.7 Å². The van der Waals surface area contributed by atoms with E-state index in [2.05, 4.69) is 9.72 Å². The first-order chi connectivity index (χ1) is 6.74. The lowest BCUT2D eigenvalue weighted by Crippen LogP contribution is -2.04. The highest BCUT2D eigenvalue weighted by Crippen LogP contribution is 2.33. The zero-order chi connectivity index (χ0) is 10.1. The molecule has 0 N–H and O–H groups in total. The summed E-state index contributed by atoms with van der Waals surface area (Å²) in [5, 5.41) is 0.394. The van der Waals surface area contributed by atoms with Crippen molar-refractivity contribution in [2.75, 3.05) is 13.7 Å². The Labute approximate surface area is 85.8 Å². The number of nitrogens with zero attached hydrogens (tertiary/aromatic N) is 1. The maximum absolute atomic E-state index is 11.3. The number of hydrogen-bond acceptors (Lipinski definition) is 4. The molecule has 2 rings (SSSR count). The molecule has 14 heavy (non-hydrogen) atoms. The lowest BCUT2D eigenvalue weighted by molar-refractivity contribution is 0.0596. The molecule has 0 radical (unpaired) electrons. The van der Waals surface area contributed by atoms with Gasteiger partial charge in [0, 0.05) is 18.2 Å². The summed E-state index contributed by atoms with van der Waals surface area (Å²) in [6, 6.07) is 0. The first-order valence-electron chi connectivity index (χ1n) is 4.12.